The van der Waals surface area contributed by atoms with E-state index in [0.29, 0.717) is 16.6 Å². The number of hydrogen-bond acceptors (Lipinski definition) is 7. The SMILES string of the molecule is Cc1cc(OCC(=O)O)cc(-n2nc3ccc(S(=O)(=O)c4ccccc4)cc3n2)c1O. The van der Waals surface area contributed by atoms with Crippen LogP contribution in [-0.2, 0) is 14.6 Å². The van der Waals surface area contributed by atoms with Crippen LogP contribution >= 0.6 is 0 Å². The quantitative estimate of drug-likeness (QED) is 0.469. The monoisotopic (exact) mass is 439 g/mol. The molecule has 0 saturated heterocycles. The second-order valence-corrected chi connectivity index (χ2v) is 8.70. The molecule has 0 atom stereocenters. The molecule has 3 aromatic carbocycles. The van der Waals surface area contributed by atoms with E-state index in [1.165, 1.54) is 42.5 Å². The van der Waals surface area contributed by atoms with Gasteiger partial charge in [0.25, 0.3) is 0 Å². The minimum Gasteiger partial charge on any atom is -0.505 e. The molecule has 10 heteroatoms. The number of aromatic nitrogens is 3. The Morgan fingerprint density at radius 3 is 2.42 bits per heavy atom. The summed E-state index contributed by atoms with van der Waals surface area (Å²) in [5.74, 6) is -1.02. The van der Waals surface area contributed by atoms with Crippen molar-refractivity contribution in [1.29, 1.82) is 0 Å². The number of ether oxygens (including phenoxy) is 1. The number of aryl methyl sites for hydroxylation is 1. The maximum atomic E-state index is 12.9. The van der Waals surface area contributed by atoms with Gasteiger partial charge in [-0.1, -0.05) is 18.2 Å². The number of hydrogen-bond donors (Lipinski definition) is 2. The van der Waals surface area contributed by atoms with Gasteiger partial charge in [0, 0.05) is 6.07 Å². The van der Waals surface area contributed by atoms with E-state index in [0.717, 1.165) is 4.80 Å². The summed E-state index contributed by atoms with van der Waals surface area (Å²) in [6.45, 7) is 1.08. The maximum Gasteiger partial charge on any atom is 0.341 e. The van der Waals surface area contributed by atoms with Gasteiger partial charge in [0.15, 0.2) is 6.61 Å². The number of carboxylic acids is 1. The molecule has 0 amide bonds. The van der Waals surface area contributed by atoms with E-state index in [2.05, 4.69) is 10.2 Å². The fourth-order valence-electron chi connectivity index (χ4n) is 3.01. The number of benzene rings is 3. The smallest absolute Gasteiger partial charge is 0.341 e. The van der Waals surface area contributed by atoms with Crippen LogP contribution < -0.4 is 4.74 Å². The lowest BCUT2D eigenvalue weighted by atomic mass is 10.2. The zero-order chi connectivity index (χ0) is 22.2. The van der Waals surface area contributed by atoms with Gasteiger partial charge in [-0.05, 0) is 48.9 Å². The van der Waals surface area contributed by atoms with Crippen LogP contribution in [0.2, 0.25) is 0 Å². The van der Waals surface area contributed by atoms with Crippen LogP contribution in [0.5, 0.6) is 11.5 Å². The van der Waals surface area contributed by atoms with Crippen LogP contribution in [0.1, 0.15) is 5.56 Å². The Morgan fingerprint density at radius 2 is 1.71 bits per heavy atom. The van der Waals surface area contributed by atoms with Crippen molar-refractivity contribution in [3.8, 4) is 17.2 Å². The minimum absolute atomic E-state index is 0.0668. The Balaban J connectivity index is 1.76. The van der Waals surface area contributed by atoms with Crippen molar-refractivity contribution < 1.29 is 28.2 Å². The predicted molar refractivity (Wildman–Crippen MR) is 110 cm³/mol. The highest BCUT2D eigenvalue weighted by Gasteiger charge is 2.20. The summed E-state index contributed by atoms with van der Waals surface area (Å²) in [4.78, 5) is 12.1. The van der Waals surface area contributed by atoms with Crippen LogP contribution in [-0.4, -0.2) is 46.2 Å². The third-order valence-electron chi connectivity index (χ3n) is 4.55. The summed E-state index contributed by atoms with van der Waals surface area (Å²) in [6, 6.07) is 15.3. The van der Waals surface area contributed by atoms with Gasteiger partial charge in [0.05, 0.1) is 9.79 Å². The van der Waals surface area contributed by atoms with Crippen LogP contribution in [0.3, 0.4) is 0 Å². The van der Waals surface area contributed by atoms with Gasteiger partial charge < -0.3 is 14.9 Å². The molecule has 0 unspecified atom stereocenters. The summed E-state index contributed by atoms with van der Waals surface area (Å²) in [7, 11) is -3.72. The Kier molecular flexibility index (Phi) is 5.07. The number of phenolic OH excluding ortho intramolecular Hbond substituents is 1. The van der Waals surface area contributed by atoms with Crippen molar-refractivity contribution in [2.75, 3.05) is 6.61 Å². The molecule has 0 aliphatic rings. The maximum absolute atomic E-state index is 12.9. The number of rotatable bonds is 6. The van der Waals surface area contributed by atoms with Crippen LogP contribution in [0.15, 0.2) is 70.5 Å². The first-order chi connectivity index (χ1) is 14.8. The van der Waals surface area contributed by atoms with Gasteiger partial charge >= 0.3 is 5.97 Å². The number of fused-ring (bicyclic) bond motifs is 1. The van der Waals surface area contributed by atoms with Gasteiger partial charge in [-0.15, -0.1) is 15.0 Å². The molecular weight excluding hydrogens is 422 g/mol. The molecule has 0 radical (unpaired) electrons. The number of phenols is 1. The minimum atomic E-state index is -3.72. The van der Waals surface area contributed by atoms with Crippen molar-refractivity contribution in [3.63, 3.8) is 0 Å². The second-order valence-electron chi connectivity index (χ2n) is 6.75. The fraction of sp³-hybridized carbons (Fsp3) is 0.0952. The Labute approximate surface area is 177 Å². The first-order valence-electron chi connectivity index (χ1n) is 9.11. The van der Waals surface area contributed by atoms with Crippen molar-refractivity contribution >= 4 is 26.8 Å². The fourth-order valence-corrected chi connectivity index (χ4v) is 4.32. The molecule has 31 heavy (non-hydrogen) atoms. The summed E-state index contributed by atoms with van der Waals surface area (Å²) < 4.78 is 30.9. The molecule has 9 nitrogen and oxygen atoms in total. The molecule has 2 N–H and O–H groups in total. The van der Waals surface area contributed by atoms with Gasteiger partial charge in [0.1, 0.15) is 28.2 Å². The largest absolute Gasteiger partial charge is 0.505 e. The Hall–Kier alpha value is -3.92. The van der Waals surface area contributed by atoms with E-state index >= 15 is 0 Å². The molecule has 158 valence electrons. The van der Waals surface area contributed by atoms with Crippen molar-refractivity contribution in [2.45, 2.75) is 16.7 Å². The van der Waals surface area contributed by atoms with Gasteiger partial charge in [-0.25, -0.2) is 13.2 Å². The van der Waals surface area contributed by atoms with Gasteiger partial charge in [-0.2, -0.15) is 0 Å². The van der Waals surface area contributed by atoms with E-state index in [4.69, 9.17) is 9.84 Å². The Bertz CT molecular complexity index is 1400. The summed E-state index contributed by atoms with van der Waals surface area (Å²) in [5, 5.41) is 27.8. The van der Waals surface area contributed by atoms with Gasteiger partial charge in [-0.3, -0.25) is 0 Å². The molecule has 0 spiro atoms. The number of carbonyl (C=O) groups is 1. The lowest BCUT2D eigenvalue weighted by molar-refractivity contribution is -0.139. The first kappa shape index (κ1) is 20.4. The normalized spacial score (nSPS) is 11.5. The lowest BCUT2D eigenvalue weighted by Crippen LogP contribution is -2.10. The molecular formula is C21H17N3O6S. The molecule has 4 rings (SSSR count). The third kappa shape index (κ3) is 3.92. The van der Waals surface area contributed by atoms with Gasteiger partial charge in [0.2, 0.25) is 9.84 Å². The molecule has 0 aliphatic heterocycles. The zero-order valence-corrected chi connectivity index (χ0v) is 17.1. The summed E-state index contributed by atoms with van der Waals surface area (Å²) in [5.41, 5.74) is 1.34. The van der Waals surface area contributed by atoms with E-state index in [1.54, 1.807) is 25.1 Å². The molecule has 1 heterocycles. The Morgan fingerprint density at radius 1 is 1.00 bits per heavy atom. The average molecular weight is 439 g/mol. The van der Waals surface area contributed by atoms with E-state index in [-0.39, 0.29) is 27.0 Å². The van der Waals surface area contributed by atoms with E-state index in [9.17, 15) is 18.3 Å². The molecule has 0 aliphatic carbocycles. The summed E-state index contributed by atoms with van der Waals surface area (Å²) >= 11 is 0. The number of aromatic hydroxyl groups is 1. The highest BCUT2D eigenvalue weighted by Crippen LogP contribution is 2.31. The number of sulfone groups is 1. The third-order valence-corrected chi connectivity index (χ3v) is 6.31. The zero-order valence-electron chi connectivity index (χ0n) is 16.3. The molecule has 4 aromatic rings. The topological polar surface area (TPSA) is 132 Å². The molecule has 1 aromatic heterocycles. The highest BCUT2D eigenvalue weighted by atomic mass is 32.2. The molecule has 0 fully saturated rings. The number of carboxylic acid groups (broad SMARTS) is 1. The first-order valence-corrected chi connectivity index (χ1v) is 10.6. The van der Waals surface area contributed by atoms with Crippen molar-refractivity contribution in [3.05, 3.63) is 66.2 Å². The van der Waals surface area contributed by atoms with Crippen LogP contribution in [0.25, 0.3) is 16.7 Å². The lowest BCUT2D eigenvalue weighted by Gasteiger charge is -2.10. The predicted octanol–water partition coefficient (Wildman–Crippen LogP) is 2.73. The molecule has 0 saturated carbocycles. The second kappa shape index (κ2) is 7.73. The number of nitrogens with zero attached hydrogens (tertiary/aromatic N) is 3. The van der Waals surface area contributed by atoms with E-state index < -0.39 is 22.4 Å². The number of aliphatic carboxylic acids is 1. The standard InChI is InChI=1S/C21H17N3O6S/c1-13-9-14(30-12-20(25)26)10-19(21(13)27)24-22-17-8-7-16(11-18(17)23-24)31(28,29)15-5-3-2-4-6-15/h2-11,27H,12H2,1H3,(H,25,26). The van der Waals surface area contributed by atoms with Crippen LogP contribution in [0, 0.1) is 6.92 Å². The van der Waals surface area contributed by atoms with E-state index in [1.807, 2.05) is 0 Å². The van der Waals surface area contributed by atoms with Crippen molar-refractivity contribution in [2.24, 2.45) is 0 Å². The molecule has 0 bridgehead atoms. The average Bonchev–Trinajstić information content (AvgIpc) is 3.18. The van der Waals surface area contributed by atoms with Crippen LogP contribution in [0.4, 0.5) is 0 Å². The summed E-state index contributed by atoms with van der Waals surface area (Å²) in [6.07, 6.45) is 0. The van der Waals surface area contributed by atoms with Crippen molar-refractivity contribution in [1.82, 2.24) is 15.0 Å². The highest BCUT2D eigenvalue weighted by molar-refractivity contribution is 7.91.